The first kappa shape index (κ1) is 16.4. The number of carbonyl (C=O) groups is 1. The summed E-state index contributed by atoms with van der Waals surface area (Å²) in [6.45, 7) is 4.34. The molecule has 0 aromatic rings. The molecule has 0 aromatic carbocycles. The summed E-state index contributed by atoms with van der Waals surface area (Å²) in [5, 5.41) is 0. The topological polar surface area (TPSA) is 63.7 Å². The molecule has 0 spiro atoms. The van der Waals surface area contributed by atoms with Gasteiger partial charge in [-0.25, -0.2) is 12.7 Å². The van der Waals surface area contributed by atoms with Gasteiger partial charge in [-0.3, -0.25) is 4.79 Å². The molecule has 0 aliphatic rings. The van der Waals surface area contributed by atoms with Gasteiger partial charge in [0.2, 0.25) is 10.0 Å². The number of esters is 1. The first-order chi connectivity index (χ1) is 7.79. The van der Waals surface area contributed by atoms with Crippen molar-refractivity contribution in [1.29, 1.82) is 0 Å². The van der Waals surface area contributed by atoms with Crippen molar-refractivity contribution >= 4 is 16.0 Å². The minimum absolute atomic E-state index is 0.166. The third kappa shape index (κ3) is 7.33. The van der Waals surface area contributed by atoms with Crippen LogP contribution >= 0.6 is 0 Å². The molecule has 5 nitrogen and oxygen atoms in total. The summed E-state index contributed by atoms with van der Waals surface area (Å²) >= 11 is 0. The molecule has 0 atom stereocenters. The van der Waals surface area contributed by atoms with Crippen molar-refractivity contribution in [2.24, 2.45) is 5.92 Å². The lowest BCUT2D eigenvalue weighted by molar-refractivity contribution is -0.140. The molecule has 0 saturated heterocycles. The van der Waals surface area contributed by atoms with Gasteiger partial charge in [-0.2, -0.15) is 0 Å². The highest BCUT2D eigenvalue weighted by atomic mass is 32.2. The number of sulfonamides is 1. The van der Waals surface area contributed by atoms with Crippen LogP contribution in [0.4, 0.5) is 0 Å². The van der Waals surface area contributed by atoms with Crippen molar-refractivity contribution in [2.75, 3.05) is 26.5 Å². The molecule has 0 rings (SSSR count). The van der Waals surface area contributed by atoms with Crippen LogP contribution in [0, 0.1) is 5.92 Å². The summed E-state index contributed by atoms with van der Waals surface area (Å²) in [5.74, 6) is 0.227. The van der Waals surface area contributed by atoms with E-state index in [2.05, 4.69) is 4.74 Å². The summed E-state index contributed by atoms with van der Waals surface area (Å²) in [6.07, 6.45) is 1.40. The maximum Gasteiger partial charge on any atom is 0.305 e. The monoisotopic (exact) mass is 265 g/mol. The molecular formula is C11H23NO4S. The Labute approximate surface area is 104 Å². The van der Waals surface area contributed by atoms with Gasteiger partial charge >= 0.3 is 5.97 Å². The van der Waals surface area contributed by atoms with Crippen LogP contribution in [-0.2, 0) is 19.6 Å². The largest absolute Gasteiger partial charge is 0.469 e. The molecule has 102 valence electrons. The smallest absolute Gasteiger partial charge is 0.305 e. The van der Waals surface area contributed by atoms with Crippen LogP contribution in [0.15, 0.2) is 0 Å². The third-order valence-electron chi connectivity index (χ3n) is 2.51. The summed E-state index contributed by atoms with van der Waals surface area (Å²) in [5.41, 5.74) is 0. The third-order valence-corrected chi connectivity index (χ3v) is 4.39. The Kier molecular flexibility index (Phi) is 7.38. The van der Waals surface area contributed by atoms with E-state index >= 15 is 0 Å². The maximum absolute atomic E-state index is 11.8. The van der Waals surface area contributed by atoms with E-state index in [0.717, 1.165) is 0 Å². The summed E-state index contributed by atoms with van der Waals surface area (Å²) in [4.78, 5) is 10.9. The first-order valence-corrected chi connectivity index (χ1v) is 7.41. The van der Waals surface area contributed by atoms with Crippen LogP contribution in [0.3, 0.4) is 0 Å². The number of methoxy groups -OCH3 is 1. The van der Waals surface area contributed by atoms with Crippen LogP contribution in [0.25, 0.3) is 0 Å². The predicted octanol–water partition coefficient (Wildman–Crippen LogP) is 1.25. The fourth-order valence-electron chi connectivity index (χ4n) is 1.23. The minimum Gasteiger partial charge on any atom is -0.469 e. The van der Waals surface area contributed by atoms with Crippen molar-refractivity contribution in [3.63, 3.8) is 0 Å². The molecule has 0 radical (unpaired) electrons. The fraction of sp³-hybridized carbons (Fsp3) is 0.909. The molecule has 0 aliphatic carbocycles. The van der Waals surface area contributed by atoms with Crippen molar-refractivity contribution in [2.45, 2.75) is 33.1 Å². The zero-order valence-corrected chi connectivity index (χ0v) is 11.9. The number of carbonyl (C=O) groups excluding carboxylic acids is 1. The van der Waals surface area contributed by atoms with Gasteiger partial charge in [0.1, 0.15) is 0 Å². The highest BCUT2D eigenvalue weighted by Crippen LogP contribution is 2.07. The molecule has 0 amide bonds. The molecule has 0 bridgehead atoms. The number of hydrogen-bond acceptors (Lipinski definition) is 4. The van der Waals surface area contributed by atoms with Gasteiger partial charge in [0.05, 0.1) is 12.9 Å². The van der Waals surface area contributed by atoms with E-state index in [1.165, 1.54) is 11.4 Å². The Morgan fingerprint density at radius 3 is 2.41 bits per heavy atom. The van der Waals surface area contributed by atoms with Crippen LogP contribution in [-0.4, -0.2) is 45.1 Å². The molecule has 0 unspecified atom stereocenters. The molecule has 0 aromatic heterocycles. The predicted molar refractivity (Wildman–Crippen MR) is 67.1 cm³/mol. The van der Waals surface area contributed by atoms with Gasteiger partial charge in [-0.15, -0.1) is 0 Å². The Balaban J connectivity index is 4.03. The quantitative estimate of drug-likeness (QED) is 0.620. The highest BCUT2D eigenvalue weighted by Gasteiger charge is 2.17. The Hall–Kier alpha value is -0.620. The summed E-state index contributed by atoms with van der Waals surface area (Å²) in [7, 11) is -0.305. The maximum atomic E-state index is 11.8. The zero-order chi connectivity index (χ0) is 13.5. The van der Waals surface area contributed by atoms with Crippen LogP contribution in [0.2, 0.25) is 0 Å². The van der Waals surface area contributed by atoms with Gasteiger partial charge in [0, 0.05) is 20.0 Å². The van der Waals surface area contributed by atoms with Crippen LogP contribution in [0.5, 0.6) is 0 Å². The molecule has 6 heteroatoms. The molecule has 0 saturated carbocycles. The fourth-order valence-corrected chi connectivity index (χ4v) is 2.72. The highest BCUT2D eigenvalue weighted by molar-refractivity contribution is 7.89. The number of rotatable bonds is 8. The van der Waals surface area contributed by atoms with Gasteiger partial charge in [-0.05, 0) is 18.8 Å². The molecule has 17 heavy (non-hydrogen) atoms. The van der Waals surface area contributed by atoms with Gasteiger partial charge in [0.15, 0.2) is 0 Å². The van der Waals surface area contributed by atoms with E-state index in [0.29, 0.717) is 25.3 Å². The van der Waals surface area contributed by atoms with E-state index in [1.54, 1.807) is 7.05 Å². The molecule has 0 N–H and O–H groups in total. The molecular weight excluding hydrogens is 242 g/mol. The minimum atomic E-state index is -3.18. The average Bonchev–Trinajstić information content (AvgIpc) is 2.26. The van der Waals surface area contributed by atoms with Gasteiger partial charge in [-0.1, -0.05) is 13.8 Å². The Morgan fingerprint density at radius 2 is 1.94 bits per heavy atom. The van der Waals surface area contributed by atoms with Gasteiger partial charge < -0.3 is 4.74 Å². The summed E-state index contributed by atoms with van der Waals surface area (Å²) in [6, 6.07) is 0. The number of ether oxygens (including phenoxy) is 1. The second kappa shape index (κ2) is 7.66. The van der Waals surface area contributed by atoms with E-state index in [9.17, 15) is 13.2 Å². The van der Waals surface area contributed by atoms with Crippen molar-refractivity contribution in [3.05, 3.63) is 0 Å². The van der Waals surface area contributed by atoms with Crippen molar-refractivity contribution < 1.29 is 17.9 Å². The molecule has 0 heterocycles. The zero-order valence-electron chi connectivity index (χ0n) is 11.1. The van der Waals surface area contributed by atoms with Crippen molar-refractivity contribution in [3.8, 4) is 0 Å². The van der Waals surface area contributed by atoms with Crippen LogP contribution < -0.4 is 0 Å². The van der Waals surface area contributed by atoms with Crippen molar-refractivity contribution in [1.82, 2.24) is 4.31 Å². The normalized spacial score (nSPS) is 12.1. The first-order valence-electron chi connectivity index (χ1n) is 5.80. The second-order valence-electron chi connectivity index (χ2n) is 4.50. The summed E-state index contributed by atoms with van der Waals surface area (Å²) < 4.78 is 29.4. The molecule has 0 aliphatic heterocycles. The number of nitrogens with zero attached hydrogens (tertiary/aromatic N) is 1. The molecule has 0 fully saturated rings. The standard InChI is InChI=1S/C11H23NO4S/c1-10(2)7-9-17(14,15)12(3)8-5-6-11(13)16-4/h10H,5-9H2,1-4H3. The van der Waals surface area contributed by atoms with Crippen LogP contribution in [0.1, 0.15) is 33.1 Å². The van der Waals surface area contributed by atoms with E-state index in [1.807, 2.05) is 13.8 Å². The average molecular weight is 265 g/mol. The van der Waals surface area contributed by atoms with Gasteiger partial charge in [0.25, 0.3) is 0 Å². The SMILES string of the molecule is COC(=O)CCCN(C)S(=O)(=O)CCC(C)C. The van der Waals surface area contributed by atoms with E-state index < -0.39 is 10.0 Å². The lowest BCUT2D eigenvalue weighted by atomic mass is 10.2. The Bertz CT molecular complexity index is 324. The lowest BCUT2D eigenvalue weighted by Crippen LogP contribution is -2.31. The number of hydrogen-bond donors (Lipinski definition) is 0. The van der Waals surface area contributed by atoms with E-state index in [4.69, 9.17) is 0 Å². The second-order valence-corrected chi connectivity index (χ2v) is 6.70. The lowest BCUT2D eigenvalue weighted by Gasteiger charge is -2.17. The Morgan fingerprint density at radius 1 is 1.35 bits per heavy atom. The van der Waals surface area contributed by atoms with E-state index in [-0.39, 0.29) is 18.1 Å².